The molecule has 174 valence electrons. The van der Waals surface area contributed by atoms with Gasteiger partial charge in [0, 0.05) is 67.4 Å². The van der Waals surface area contributed by atoms with Crippen molar-refractivity contribution in [1.29, 1.82) is 0 Å². The first-order chi connectivity index (χ1) is 17.1. The lowest BCUT2D eigenvalue weighted by molar-refractivity contribution is 0.244. The van der Waals surface area contributed by atoms with Gasteiger partial charge in [0.05, 0.1) is 16.1 Å². The summed E-state index contributed by atoms with van der Waals surface area (Å²) in [6.07, 6.45) is 7.98. The van der Waals surface area contributed by atoms with Gasteiger partial charge in [-0.2, -0.15) is 0 Å². The van der Waals surface area contributed by atoms with Crippen molar-refractivity contribution in [3.63, 3.8) is 0 Å². The SMILES string of the molecule is O=S(=O)(c1ccccc1)n1cc(CN2CCc3nc(-c4ccncc4)ncc3C2)c2ccccc21. The monoisotopic (exact) mass is 481 g/mol. The fourth-order valence-corrected chi connectivity index (χ4v) is 6.05. The second-order valence-electron chi connectivity index (χ2n) is 8.65. The van der Waals surface area contributed by atoms with Crippen LogP contribution in [0.4, 0.5) is 0 Å². The zero-order valence-electron chi connectivity index (χ0n) is 18.9. The topological polar surface area (TPSA) is 81.0 Å². The van der Waals surface area contributed by atoms with Crippen molar-refractivity contribution in [3.05, 3.63) is 108 Å². The molecule has 8 heteroatoms. The Balaban J connectivity index is 1.30. The molecule has 0 N–H and O–H groups in total. The highest BCUT2D eigenvalue weighted by Crippen LogP contribution is 2.29. The van der Waals surface area contributed by atoms with Gasteiger partial charge in [0.15, 0.2) is 5.82 Å². The molecule has 35 heavy (non-hydrogen) atoms. The molecule has 0 bridgehead atoms. The van der Waals surface area contributed by atoms with Crippen LogP contribution in [0.25, 0.3) is 22.3 Å². The van der Waals surface area contributed by atoms with Crippen LogP contribution in [0.3, 0.4) is 0 Å². The normalized spacial score (nSPS) is 14.2. The first-order valence-electron chi connectivity index (χ1n) is 11.5. The number of aromatic nitrogens is 4. The van der Waals surface area contributed by atoms with Crippen LogP contribution in [0.15, 0.2) is 96.4 Å². The minimum atomic E-state index is -3.69. The highest BCUT2D eigenvalue weighted by Gasteiger charge is 2.24. The number of para-hydroxylation sites is 1. The largest absolute Gasteiger partial charge is 0.294 e. The number of fused-ring (bicyclic) bond motifs is 2. The van der Waals surface area contributed by atoms with E-state index in [1.807, 2.05) is 48.7 Å². The maximum absolute atomic E-state index is 13.4. The summed E-state index contributed by atoms with van der Waals surface area (Å²) in [7, 11) is -3.69. The number of pyridine rings is 1. The summed E-state index contributed by atoms with van der Waals surface area (Å²) in [5.74, 6) is 0.716. The van der Waals surface area contributed by atoms with Gasteiger partial charge in [-0.25, -0.2) is 22.4 Å². The van der Waals surface area contributed by atoms with E-state index in [1.54, 1.807) is 42.9 Å². The summed E-state index contributed by atoms with van der Waals surface area (Å²) in [4.78, 5) is 16.0. The van der Waals surface area contributed by atoms with Crippen LogP contribution in [0.5, 0.6) is 0 Å². The molecule has 0 saturated carbocycles. The Hall–Kier alpha value is -3.88. The van der Waals surface area contributed by atoms with Crippen LogP contribution >= 0.6 is 0 Å². The average molecular weight is 482 g/mol. The molecule has 0 radical (unpaired) electrons. The Kier molecular flexibility index (Phi) is 5.39. The van der Waals surface area contributed by atoms with Gasteiger partial charge in [-0.1, -0.05) is 36.4 Å². The van der Waals surface area contributed by atoms with Gasteiger partial charge < -0.3 is 0 Å². The molecular weight excluding hydrogens is 458 g/mol. The van der Waals surface area contributed by atoms with E-state index in [4.69, 9.17) is 4.98 Å². The third-order valence-electron chi connectivity index (χ3n) is 6.41. The van der Waals surface area contributed by atoms with Crippen LogP contribution in [-0.2, 0) is 29.5 Å². The van der Waals surface area contributed by atoms with Gasteiger partial charge in [0.2, 0.25) is 0 Å². The Morgan fingerprint density at radius 1 is 0.914 bits per heavy atom. The highest BCUT2D eigenvalue weighted by atomic mass is 32.2. The molecule has 0 unspecified atom stereocenters. The van der Waals surface area contributed by atoms with Crippen LogP contribution in [-0.4, -0.2) is 38.8 Å². The summed E-state index contributed by atoms with van der Waals surface area (Å²) >= 11 is 0. The maximum atomic E-state index is 13.4. The van der Waals surface area contributed by atoms with E-state index in [0.717, 1.165) is 47.3 Å². The molecule has 4 heterocycles. The maximum Gasteiger partial charge on any atom is 0.268 e. The molecular formula is C27H23N5O2S. The third-order valence-corrected chi connectivity index (χ3v) is 8.09. The standard InChI is InChI=1S/C27H23N5O2S/c33-35(34,23-6-2-1-3-7-23)32-19-22(24-8-4-5-9-26(24)32)18-31-15-12-25-21(17-31)16-29-27(30-25)20-10-13-28-14-11-20/h1-11,13-14,16,19H,12,15,17-18H2. The van der Waals surface area contributed by atoms with Gasteiger partial charge in [-0.3, -0.25) is 9.88 Å². The molecule has 1 aliphatic rings. The lowest BCUT2D eigenvalue weighted by atomic mass is 10.1. The van der Waals surface area contributed by atoms with Gasteiger partial charge >= 0.3 is 0 Å². The van der Waals surface area contributed by atoms with Gasteiger partial charge in [0.1, 0.15) is 0 Å². The van der Waals surface area contributed by atoms with E-state index in [-0.39, 0.29) is 4.90 Å². The van der Waals surface area contributed by atoms with Crippen molar-refractivity contribution in [3.8, 4) is 11.4 Å². The van der Waals surface area contributed by atoms with Crippen molar-refractivity contribution in [2.45, 2.75) is 24.4 Å². The smallest absolute Gasteiger partial charge is 0.268 e. The van der Waals surface area contributed by atoms with Crippen LogP contribution < -0.4 is 0 Å². The number of rotatable bonds is 5. The van der Waals surface area contributed by atoms with Crippen LogP contribution in [0.2, 0.25) is 0 Å². The number of hydrogen-bond donors (Lipinski definition) is 0. The minimum Gasteiger partial charge on any atom is -0.294 e. The number of nitrogens with zero attached hydrogens (tertiary/aromatic N) is 5. The lowest BCUT2D eigenvalue weighted by Crippen LogP contribution is -2.31. The number of benzene rings is 2. The zero-order valence-corrected chi connectivity index (χ0v) is 19.8. The summed E-state index contributed by atoms with van der Waals surface area (Å²) in [5, 5.41) is 0.946. The van der Waals surface area contributed by atoms with Crippen molar-refractivity contribution >= 4 is 20.9 Å². The molecule has 0 saturated heterocycles. The molecule has 0 aliphatic carbocycles. The Morgan fingerprint density at radius 3 is 2.51 bits per heavy atom. The van der Waals surface area contributed by atoms with Gasteiger partial charge in [-0.15, -0.1) is 0 Å². The van der Waals surface area contributed by atoms with Crippen LogP contribution in [0, 0.1) is 0 Å². The second-order valence-corrected chi connectivity index (χ2v) is 10.5. The summed E-state index contributed by atoms with van der Waals surface area (Å²) in [6, 6.07) is 20.1. The van der Waals surface area contributed by atoms with Crippen molar-refractivity contribution in [1.82, 2.24) is 23.8 Å². The van der Waals surface area contributed by atoms with Gasteiger partial charge in [0.25, 0.3) is 10.0 Å². The second kappa shape index (κ2) is 8.72. The highest BCUT2D eigenvalue weighted by molar-refractivity contribution is 7.90. The zero-order chi connectivity index (χ0) is 23.8. The first-order valence-corrected chi connectivity index (χ1v) is 12.9. The lowest BCUT2D eigenvalue weighted by Gasteiger charge is -2.27. The fourth-order valence-electron chi connectivity index (χ4n) is 4.64. The van der Waals surface area contributed by atoms with E-state index >= 15 is 0 Å². The van der Waals surface area contributed by atoms with Crippen molar-refractivity contribution in [2.75, 3.05) is 6.54 Å². The van der Waals surface area contributed by atoms with Crippen molar-refractivity contribution < 1.29 is 8.42 Å². The van der Waals surface area contributed by atoms with Crippen LogP contribution in [0.1, 0.15) is 16.8 Å². The van der Waals surface area contributed by atoms with E-state index < -0.39 is 10.0 Å². The molecule has 0 fully saturated rings. The average Bonchev–Trinajstić information content (AvgIpc) is 3.28. The molecule has 2 aromatic carbocycles. The Labute approximate surface area is 203 Å². The molecule has 0 spiro atoms. The van der Waals surface area contributed by atoms with E-state index in [2.05, 4.69) is 14.9 Å². The third kappa shape index (κ3) is 4.00. The summed E-state index contributed by atoms with van der Waals surface area (Å²) < 4.78 is 28.2. The molecule has 7 nitrogen and oxygen atoms in total. The minimum absolute atomic E-state index is 0.279. The van der Waals surface area contributed by atoms with E-state index in [9.17, 15) is 8.42 Å². The van der Waals surface area contributed by atoms with E-state index in [0.29, 0.717) is 17.9 Å². The quantitative estimate of drug-likeness (QED) is 0.373. The fraction of sp³-hybridized carbons (Fsp3) is 0.148. The molecule has 5 aromatic rings. The molecule has 6 rings (SSSR count). The summed E-state index contributed by atoms with van der Waals surface area (Å²) in [6.45, 7) is 2.20. The molecule has 1 aliphatic heterocycles. The number of hydrogen-bond acceptors (Lipinski definition) is 6. The Morgan fingerprint density at radius 2 is 1.69 bits per heavy atom. The van der Waals surface area contributed by atoms with Gasteiger partial charge in [-0.05, 0) is 35.9 Å². The van der Waals surface area contributed by atoms with Crippen molar-refractivity contribution in [2.24, 2.45) is 0 Å². The predicted octanol–water partition coefficient (Wildman–Crippen LogP) is 4.29. The molecule has 0 amide bonds. The predicted molar refractivity (Wildman–Crippen MR) is 134 cm³/mol. The Bertz CT molecular complexity index is 1620. The van der Waals surface area contributed by atoms with E-state index in [1.165, 1.54) is 3.97 Å². The molecule has 0 atom stereocenters. The molecule has 3 aromatic heterocycles. The summed E-state index contributed by atoms with van der Waals surface area (Å²) in [5.41, 5.74) is 4.80. The first kappa shape index (κ1) is 21.6.